The summed E-state index contributed by atoms with van der Waals surface area (Å²) in [5.74, 6) is -0.949. The summed E-state index contributed by atoms with van der Waals surface area (Å²) in [5.41, 5.74) is 1.26. The highest BCUT2D eigenvalue weighted by Gasteiger charge is 2.45. The number of benzene rings is 1. The maximum Gasteiger partial charge on any atom is 0.264 e. The number of amides is 4. The summed E-state index contributed by atoms with van der Waals surface area (Å²) < 4.78 is 0. The first kappa shape index (κ1) is 28.7. The standard InChI is InChI=1S/C31H45N5O4/c37-27-15-14-26(29(38)33-27)36-30(39)24-12-6-13-25(28(24)31(36)40)32-16-8-18-35-21-19-34(20-22-35)17-7-11-23-9-4-2-1-3-5-10-23/h6,12-13,23,26,32H,1-5,7-11,14-22H2,(H,33,37,38). The minimum absolute atomic E-state index is 0.115. The Bertz CT molecular complexity index is 1080. The molecule has 40 heavy (non-hydrogen) atoms. The van der Waals surface area contributed by atoms with Gasteiger partial charge in [-0.2, -0.15) is 0 Å². The Hall–Kier alpha value is -2.78. The highest BCUT2D eigenvalue weighted by Crippen LogP contribution is 2.32. The lowest BCUT2D eigenvalue weighted by Crippen LogP contribution is -2.54. The molecular formula is C31H45N5O4. The van der Waals surface area contributed by atoms with Crippen molar-refractivity contribution in [3.63, 3.8) is 0 Å². The number of piperazine rings is 1. The van der Waals surface area contributed by atoms with Crippen LogP contribution in [0.5, 0.6) is 0 Å². The molecule has 1 aromatic carbocycles. The van der Waals surface area contributed by atoms with Gasteiger partial charge in [-0.3, -0.25) is 29.4 Å². The molecule has 0 bridgehead atoms. The molecule has 218 valence electrons. The third-order valence-corrected chi connectivity index (χ3v) is 9.21. The third-order valence-electron chi connectivity index (χ3n) is 9.21. The normalized spacial score (nSPS) is 23.6. The second-order valence-corrected chi connectivity index (χ2v) is 12.0. The Morgan fingerprint density at radius 2 is 1.48 bits per heavy atom. The highest BCUT2D eigenvalue weighted by molar-refractivity contribution is 6.25. The van der Waals surface area contributed by atoms with Crippen LogP contribution in [0.15, 0.2) is 18.2 Å². The Morgan fingerprint density at radius 3 is 2.17 bits per heavy atom. The molecule has 1 atom stereocenters. The van der Waals surface area contributed by atoms with Crippen molar-refractivity contribution in [1.82, 2.24) is 20.0 Å². The predicted molar refractivity (Wildman–Crippen MR) is 154 cm³/mol. The molecular weight excluding hydrogens is 506 g/mol. The van der Waals surface area contributed by atoms with E-state index in [1.165, 1.54) is 64.3 Å². The van der Waals surface area contributed by atoms with Crippen molar-refractivity contribution in [2.45, 2.75) is 83.1 Å². The molecule has 1 saturated carbocycles. The first-order valence-electron chi connectivity index (χ1n) is 15.5. The van der Waals surface area contributed by atoms with Gasteiger partial charge in [-0.15, -0.1) is 0 Å². The Kier molecular flexibility index (Phi) is 9.86. The quantitative estimate of drug-likeness (QED) is 0.338. The topological polar surface area (TPSA) is 102 Å². The molecule has 2 N–H and O–H groups in total. The second kappa shape index (κ2) is 13.7. The van der Waals surface area contributed by atoms with E-state index in [4.69, 9.17) is 0 Å². The van der Waals surface area contributed by atoms with Crippen LogP contribution in [-0.4, -0.2) is 90.2 Å². The van der Waals surface area contributed by atoms with E-state index in [1.54, 1.807) is 12.1 Å². The zero-order chi connectivity index (χ0) is 27.9. The van der Waals surface area contributed by atoms with Crippen LogP contribution in [0.25, 0.3) is 0 Å². The van der Waals surface area contributed by atoms with Gasteiger partial charge in [0, 0.05) is 44.8 Å². The SMILES string of the molecule is O=C1CCC(N2C(=O)c3cccc(NCCCN4CCN(CCCC5CCCCCCC5)CC4)c3C2=O)C(=O)N1. The van der Waals surface area contributed by atoms with E-state index in [0.717, 1.165) is 50.0 Å². The van der Waals surface area contributed by atoms with Crippen molar-refractivity contribution in [2.75, 3.05) is 51.1 Å². The van der Waals surface area contributed by atoms with Crippen molar-refractivity contribution in [3.05, 3.63) is 29.3 Å². The molecule has 0 radical (unpaired) electrons. The summed E-state index contributed by atoms with van der Waals surface area (Å²) in [7, 11) is 0. The monoisotopic (exact) mass is 551 g/mol. The molecule has 1 aliphatic carbocycles. The van der Waals surface area contributed by atoms with Gasteiger partial charge in [-0.1, -0.05) is 51.0 Å². The molecule has 3 heterocycles. The van der Waals surface area contributed by atoms with Crippen molar-refractivity contribution in [1.29, 1.82) is 0 Å². The number of rotatable bonds is 10. The summed E-state index contributed by atoms with van der Waals surface area (Å²) in [5, 5.41) is 5.61. The number of carbonyl (C=O) groups is 4. The number of hydrogen-bond acceptors (Lipinski definition) is 7. The van der Waals surface area contributed by atoms with Gasteiger partial charge in [-0.05, 0) is 56.8 Å². The highest BCUT2D eigenvalue weighted by atomic mass is 16.2. The smallest absolute Gasteiger partial charge is 0.264 e. The summed E-state index contributed by atoms with van der Waals surface area (Å²) in [6, 6.07) is 4.26. The van der Waals surface area contributed by atoms with Crippen LogP contribution in [-0.2, 0) is 9.59 Å². The number of hydrogen-bond donors (Lipinski definition) is 2. The molecule has 3 fully saturated rings. The van der Waals surface area contributed by atoms with E-state index in [9.17, 15) is 19.2 Å². The van der Waals surface area contributed by atoms with Crippen LogP contribution in [0.1, 0.15) is 97.8 Å². The van der Waals surface area contributed by atoms with Gasteiger partial charge >= 0.3 is 0 Å². The van der Waals surface area contributed by atoms with Crippen LogP contribution in [0.3, 0.4) is 0 Å². The van der Waals surface area contributed by atoms with Crippen molar-refractivity contribution >= 4 is 29.3 Å². The fourth-order valence-corrected chi connectivity index (χ4v) is 6.86. The Labute approximate surface area is 238 Å². The van der Waals surface area contributed by atoms with Gasteiger partial charge in [0.2, 0.25) is 11.8 Å². The fourth-order valence-electron chi connectivity index (χ4n) is 6.86. The van der Waals surface area contributed by atoms with E-state index in [1.807, 2.05) is 6.07 Å². The Morgan fingerprint density at radius 1 is 0.800 bits per heavy atom. The average Bonchev–Trinajstić information content (AvgIpc) is 3.19. The molecule has 0 aromatic heterocycles. The van der Waals surface area contributed by atoms with E-state index in [2.05, 4.69) is 20.4 Å². The first-order valence-corrected chi connectivity index (χ1v) is 15.5. The molecule has 3 aliphatic heterocycles. The molecule has 4 amide bonds. The number of nitrogens with one attached hydrogen (secondary N) is 2. The molecule has 1 aromatic rings. The molecule has 4 aliphatic rings. The molecule has 1 unspecified atom stereocenters. The first-order chi connectivity index (χ1) is 19.5. The van der Waals surface area contributed by atoms with Crippen molar-refractivity contribution in [2.24, 2.45) is 5.92 Å². The van der Waals surface area contributed by atoms with Crippen molar-refractivity contribution < 1.29 is 19.2 Å². The van der Waals surface area contributed by atoms with Crippen LogP contribution >= 0.6 is 0 Å². The van der Waals surface area contributed by atoms with E-state index in [-0.39, 0.29) is 18.7 Å². The largest absolute Gasteiger partial charge is 0.384 e. The fraction of sp³-hybridized carbons (Fsp3) is 0.677. The van der Waals surface area contributed by atoms with Gasteiger partial charge in [0.1, 0.15) is 6.04 Å². The van der Waals surface area contributed by atoms with E-state index >= 15 is 0 Å². The van der Waals surface area contributed by atoms with Crippen molar-refractivity contribution in [3.8, 4) is 0 Å². The minimum atomic E-state index is -0.946. The van der Waals surface area contributed by atoms with Crippen LogP contribution in [0.4, 0.5) is 5.69 Å². The number of carbonyl (C=O) groups excluding carboxylic acids is 4. The lowest BCUT2D eigenvalue weighted by atomic mass is 9.88. The summed E-state index contributed by atoms with van der Waals surface area (Å²) in [6.07, 6.45) is 14.0. The number of fused-ring (bicyclic) bond motifs is 1. The molecule has 0 spiro atoms. The van der Waals surface area contributed by atoms with Gasteiger partial charge in [0.25, 0.3) is 11.8 Å². The lowest BCUT2D eigenvalue weighted by molar-refractivity contribution is -0.136. The maximum atomic E-state index is 13.2. The maximum absolute atomic E-state index is 13.2. The van der Waals surface area contributed by atoms with Gasteiger partial charge in [0.05, 0.1) is 11.1 Å². The minimum Gasteiger partial charge on any atom is -0.384 e. The molecule has 9 heteroatoms. The summed E-state index contributed by atoms with van der Waals surface area (Å²) >= 11 is 0. The third kappa shape index (κ3) is 6.92. The molecule has 9 nitrogen and oxygen atoms in total. The summed E-state index contributed by atoms with van der Waals surface area (Å²) in [4.78, 5) is 56.3. The number of piperidine rings is 1. The van der Waals surface area contributed by atoms with Gasteiger partial charge < -0.3 is 15.1 Å². The average molecular weight is 552 g/mol. The number of nitrogens with zero attached hydrogens (tertiary/aromatic N) is 3. The number of imide groups is 2. The lowest BCUT2D eigenvalue weighted by Gasteiger charge is -2.35. The zero-order valence-electron chi connectivity index (χ0n) is 23.8. The van der Waals surface area contributed by atoms with Crippen LogP contribution < -0.4 is 10.6 Å². The van der Waals surface area contributed by atoms with E-state index in [0.29, 0.717) is 23.4 Å². The van der Waals surface area contributed by atoms with Gasteiger partial charge in [-0.25, -0.2) is 0 Å². The number of anilines is 1. The summed E-state index contributed by atoms with van der Waals surface area (Å²) in [6.45, 7) is 7.38. The second-order valence-electron chi connectivity index (χ2n) is 12.0. The van der Waals surface area contributed by atoms with Crippen LogP contribution in [0.2, 0.25) is 0 Å². The van der Waals surface area contributed by atoms with Gasteiger partial charge in [0.15, 0.2) is 0 Å². The molecule has 2 saturated heterocycles. The van der Waals surface area contributed by atoms with Crippen LogP contribution in [0, 0.1) is 5.92 Å². The molecule has 5 rings (SSSR count). The van der Waals surface area contributed by atoms with E-state index < -0.39 is 23.8 Å². The Balaban J connectivity index is 1.02. The predicted octanol–water partition coefficient (Wildman–Crippen LogP) is 3.65. The zero-order valence-corrected chi connectivity index (χ0v) is 23.8.